The van der Waals surface area contributed by atoms with Crippen LogP contribution in [0.2, 0.25) is 0 Å². The van der Waals surface area contributed by atoms with Crippen molar-refractivity contribution in [3.63, 3.8) is 0 Å². The minimum absolute atomic E-state index is 0.106. The SMILES string of the molecule is CC(C)(C)Nc1nc(NC[C@H]2CC[C@H](CNS(=O)(=O)c3ccccc3Br)CC2)nc2ccccc12. The van der Waals surface area contributed by atoms with E-state index >= 15 is 0 Å². The van der Waals surface area contributed by atoms with Crippen LogP contribution >= 0.6 is 15.9 Å². The Balaban J connectivity index is 1.31. The van der Waals surface area contributed by atoms with E-state index in [1.54, 1.807) is 18.2 Å². The third-order valence-corrected chi connectivity index (χ3v) is 8.74. The molecular formula is C26H34BrN5O2S. The first-order chi connectivity index (χ1) is 16.6. The molecule has 1 aliphatic rings. The van der Waals surface area contributed by atoms with Gasteiger partial charge in [0.2, 0.25) is 16.0 Å². The van der Waals surface area contributed by atoms with E-state index in [9.17, 15) is 8.42 Å². The Morgan fingerprint density at radius 1 is 0.914 bits per heavy atom. The Morgan fingerprint density at radius 3 is 2.23 bits per heavy atom. The van der Waals surface area contributed by atoms with Crippen LogP contribution in [0.4, 0.5) is 11.8 Å². The third-order valence-electron chi connectivity index (χ3n) is 6.30. The van der Waals surface area contributed by atoms with Crippen molar-refractivity contribution in [3.8, 4) is 0 Å². The molecule has 3 N–H and O–H groups in total. The molecule has 0 amide bonds. The quantitative estimate of drug-likeness (QED) is 0.322. The van der Waals surface area contributed by atoms with Gasteiger partial charge in [-0.15, -0.1) is 0 Å². The van der Waals surface area contributed by atoms with Crippen molar-refractivity contribution >= 4 is 48.6 Å². The lowest BCUT2D eigenvalue weighted by atomic mass is 9.82. The monoisotopic (exact) mass is 559 g/mol. The van der Waals surface area contributed by atoms with Crippen LogP contribution in [0.1, 0.15) is 46.5 Å². The first kappa shape index (κ1) is 25.9. The second-order valence-corrected chi connectivity index (χ2v) is 12.9. The number of nitrogens with one attached hydrogen (secondary N) is 3. The van der Waals surface area contributed by atoms with Gasteiger partial charge in [0.1, 0.15) is 5.82 Å². The molecule has 1 aromatic heterocycles. The van der Waals surface area contributed by atoms with Crippen molar-refractivity contribution in [2.75, 3.05) is 23.7 Å². The van der Waals surface area contributed by atoms with Gasteiger partial charge < -0.3 is 10.6 Å². The van der Waals surface area contributed by atoms with Gasteiger partial charge in [0.25, 0.3) is 0 Å². The van der Waals surface area contributed by atoms with Gasteiger partial charge in [0.05, 0.1) is 10.4 Å². The predicted octanol–water partition coefficient (Wildman–Crippen LogP) is 5.80. The summed E-state index contributed by atoms with van der Waals surface area (Å²) in [5, 5.41) is 7.96. The van der Waals surface area contributed by atoms with Crippen molar-refractivity contribution in [2.24, 2.45) is 11.8 Å². The van der Waals surface area contributed by atoms with E-state index in [2.05, 4.69) is 52.1 Å². The van der Waals surface area contributed by atoms with Gasteiger partial charge in [-0.05, 0) is 98.5 Å². The topological polar surface area (TPSA) is 96.0 Å². The molecule has 0 unspecified atom stereocenters. The van der Waals surface area contributed by atoms with Crippen LogP contribution < -0.4 is 15.4 Å². The van der Waals surface area contributed by atoms with Crippen LogP contribution in [0.5, 0.6) is 0 Å². The van der Waals surface area contributed by atoms with Crippen LogP contribution in [-0.4, -0.2) is 37.0 Å². The molecule has 1 heterocycles. The summed E-state index contributed by atoms with van der Waals surface area (Å²) in [7, 11) is -3.52. The number of hydrogen-bond acceptors (Lipinski definition) is 6. The zero-order valence-corrected chi connectivity index (χ0v) is 22.9. The summed E-state index contributed by atoms with van der Waals surface area (Å²) in [6, 6.07) is 15.0. The lowest BCUT2D eigenvalue weighted by Gasteiger charge is -2.29. The summed E-state index contributed by atoms with van der Waals surface area (Å²) in [6.45, 7) is 7.64. The van der Waals surface area contributed by atoms with Crippen LogP contribution in [0.15, 0.2) is 57.9 Å². The second-order valence-electron chi connectivity index (χ2n) is 10.3. The van der Waals surface area contributed by atoms with Gasteiger partial charge in [-0.1, -0.05) is 24.3 Å². The number of rotatable bonds is 8. The molecule has 3 aromatic rings. The van der Waals surface area contributed by atoms with Crippen molar-refractivity contribution in [3.05, 3.63) is 53.0 Å². The number of hydrogen-bond donors (Lipinski definition) is 3. The van der Waals surface area contributed by atoms with Crippen molar-refractivity contribution in [1.29, 1.82) is 0 Å². The number of halogens is 1. The van der Waals surface area contributed by atoms with E-state index < -0.39 is 10.0 Å². The van der Waals surface area contributed by atoms with Crippen molar-refractivity contribution in [1.82, 2.24) is 14.7 Å². The highest BCUT2D eigenvalue weighted by atomic mass is 79.9. The van der Waals surface area contributed by atoms with Gasteiger partial charge in [0, 0.05) is 28.5 Å². The Hall–Kier alpha value is -2.23. The van der Waals surface area contributed by atoms with Crippen LogP contribution in [0.3, 0.4) is 0 Å². The number of sulfonamides is 1. The number of aromatic nitrogens is 2. The molecule has 0 saturated heterocycles. The highest BCUT2D eigenvalue weighted by Crippen LogP contribution is 2.30. The van der Waals surface area contributed by atoms with Crippen molar-refractivity contribution < 1.29 is 8.42 Å². The fourth-order valence-corrected chi connectivity index (χ4v) is 6.57. The van der Waals surface area contributed by atoms with Gasteiger partial charge >= 0.3 is 0 Å². The molecule has 4 rings (SSSR count). The summed E-state index contributed by atoms with van der Waals surface area (Å²) in [5.74, 6) is 2.34. The van der Waals surface area contributed by atoms with Crippen LogP contribution in [0, 0.1) is 11.8 Å². The molecule has 0 radical (unpaired) electrons. The molecule has 2 aromatic carbocycles. The van der Waals surface area contributed by atoms with Gasteiger partial charge in [-0.3, -0.25) is 0 Å². The first-order valence-electron chi connectivity index (χ1n) is 12.1. The summed E-state index contributed by atoms with van der Waals surface area (Å²) in [6.07, 6.45) is 4.10. The van der Waals surface area contributed by atoms with E-state index in [1.807, 2.05) is 30.3 Å². The third kappa shape index (κ3) is 6.92. The minimum atomic E-state index is -3.52. The molecule has 0 aliphatic heterocycles. The average molecular weight is 561 g/mol. The second kappa shape index (κ2) is 10.8. The number of benzene rings is 2. The Morgan fingerprint density at radius 2 is 1.54 bits per heavy atom. The smallest absolute Gasteiger partial charge is 0.241 e. The molecule has 0 bridgehead atoms. The van der Waals surface area contributed by atoms with Crippen molar-refractivity contribution in [2.45, 2.75) is 56.9 Å². The number of anilines is 2. The molecule has 1 fully saturated rings. The highest BCUT2D eigenvalue weighted by molar-refractivity contribution is 9.10. The molecule has 9 heteroatoms. The Labute approximate surface area is 216 Å². The predicted molar refractivity (Wildman–Crippen MR) is 146 cm³/mol. The molecule has 0 spiro atoms. The number of fused-ring (bicyclic) bond motifs is 1. The fraction of sp³-hybridized carbons (Fsp3) is 0.462. The molecule has 0 atom stereocenters. The molecule has 35 heavy (non-hydrogen) atoms. The number of para-hydroxylation sites is 1. The number of nitrogens with zero attached hydrogens (tertiary/aromatic N) is 2. The molecular weight excluding hydrogens is 526 g/mol. The molecule has 1 saturated carbocycles. The molecule has 188 valence electrons. The van der Waals surface area contributed by atoms with Crippen LogP contribution in [0.25, 0.3) is 10.9 Å². The average Bonchev–Trinajstić information content (AvgIpc) is 2.81. The lowest BCUT2D eigenvalue weighted by Crippen LogP contribution is -2.32. The summed E-state index contributed by atoms with van der Waals surface area (Å²) in [5.41, 5.74) is 0.808. The maximum absolute atomic E-state index is 12.7. The Bertz CT molecular complexity index is 1270. The van der Waals surface area contributed by atoms with Crippen LogP contribution in [-0.2, 0) is 10.0 Å². The fourth-order valence-electron chi connectivity index (χ4n) is 4.45. The normalized spacial score (nSPS) is 19.0. The van der Waals surface area contributed by atoms with E-state index in [4.69, 9.17) is 9.97 Å². The van der Waals surface area contributed by atoms with E-state index in [-0.39, 0.29) is 10.4 Å². The standard InChI is InChI=1S/C26H34BrN5O2S/c1-26(2,3)32-24-20-8-4-6-10-22(20)30-25(31-24)28-16-18-12-14-19(15-13-18)17-29-35(33,34)23-11-7-5-9-21(23)27/h4-11,18-19,29H,12-17H2,1-3H3,(H2,28,30,31,32)/t18-,19-. The summed E-state index contributed by atoms with van der Waals surface area (Å²) < 4.78 is 28.7. The first-order valence-corrected chi connectivity index (χ1v) is 14.4. The van der Waals surface area contributed by atoms with Gasteiger partial charge in [-0.2, -0.15) is 4.98 Å². The summed E-state index contributed by atoms with van der Waals surface area (Å²) in [4.78, 5) is 9.76. The maximum Gasteiger partial charge on any atom is 0.241 e. The summed E-state index contributed by atoms with van der Waals surface area (Å²) >= 11 is 3.33. The molecule has 1 aliphatic carbocycles. The highest BCUT2D eigenvalue weighted by Gasteiger charge is 2.24. The zero-order chi connectivity index (χ0) is 25.1. The maximum atomic E-state index is 12.7. The lowest BCUT2D eigenvalue weighted by molar-refractivity contribution is 0.284. The zero-order valence-electron chi connectivity index (χ0n) is 20.5. The minimum Gasteiger partial charge on any atom is -0.365 e. The molecule has 7 nitrogen and oxygen atoms in total. The van der Waals surface area contributed by atoms with Gasteiger partial charge in [-0.25, -0.2) is 18.1 Å². The largest absolute Gasteiger partial charge is 0.365 e. The van der Waals surface area contributed by atoms with Gasteiger partial charge in [0.15, 0.2) is 0 Å². The van der Waals surface area contributed by atoms with E-state index in [0.717, 1.165) is 48.9 Å². The van der Waals surface area contributed by atoms with E-state index in [1.165, 1.54) is 0 Å². The van der Waals surface area contributed by atoms with E-state index in [0.29, 0.717) is 28.8 Å². The Kier molecular flexibility index (Phi) is 7.98.